The first kappa shape index (κ1) is 13.0. The van der Waals surface area contributed by atoms with Crippen molar-refractivity contribution in [3.8, 4) is 0 Å². The second kappa shape index (κ2) is 5.07. The maximum absolute atomic E-state index is 13.7. The molecule has 1 atom stereocenters. The van der Waals surface area contributed by atoms with Gasteiger partial charge < -0.3 is 5.32 Å². The van der Waals surface area contributed by atoms with Gasteiger partial charge in [-0.05, 0) is 37.5 Å². The number of anilines is 1. The summed E-state index contributed by atoms with van der Waals surface area (Å²) in [7, 11) is -3.85. The van der Waals surface area contributed by atoms with Gasteiger partial charge in [-0.15, -0.1) is 0 Å². The summed E-state index contributed by atoms with van der Waals surface area (Å²) in [5, 5.41) is 8.00. The first-order valence-corrected chi connectivity index (χ1v) is 7.25. The fraction of sp³-hybridized carbons (Fsp3) is 0.333. The van der Waals surface area contributed by atoms with Crippen LogP contribution in [-0.4, -0.2) is 14.5 Å². The number of allylic oxidation sites excluding steroid dienone is 1. The summed E-state index contributed by atoms with van der Waals surface area (Å²) in [6.07, 6.45) is 6.90. The van der Waals surface area contributed by atoms with Gasteiger partial charge in [-0.25, -0.2) is 17.9 Å². The molecule has 6 heteroatoms. The van der Waals surface area contributed by atoms with E-state index < -0.39 is 15.8 Å². The zero-order chi connectivity index (χ0) is 13.2. The Kier molecular flexibility index (Phi) is 3.68. The molecule has 0 aromatic heterocycles. The van der Waals surface area contributed by atoms with E-state index in [9.17, 15) is 12.8 Å². The third-order valence-electron chi connectivity index (χ3n) is 2.90. The van der Waals surface area contributed by atoms with Crippen molar-refractivity contribution in [3.63, 3.8) is 0 Å². The molecule has 1 aliphatic rings. The van der Waals surface area contributed by atoms with Gasteiger partial charge in [-0.2, -0.15) is 0 Å². The highest BCUT2D eigenvalue weighted by Gasteiger charge is 2.14. The molecule has 1 aromatic rings. The Balaban J connectivity index is 2.17. The van der Waals surface area contributed by atoms with Gasteiger partial charge in [0.2, 0.25) is 10.0 Å². The lowest BCUT2D eigenvalue weighted by Crippen LogP contribution is -2.21. The number of hydrogen-bond acceptors (Lipinski definition) is 3. The number of hydrogen-bond donors (Lipinski definition) is 2. The summed E-state index contributed by atoms with van der Waals surface area (Å²) >= 11 is 0. The maximum atomic E-state index is 13.7. The van der Waals surface area contributed by atoms with Gasteiger partial charge in [-0.3, -0.25) is 0 Å². The Morgan fingerprint density at radius 2 is 2.11 bits per heavy atom. The van der Waals surface area contributed by atoms with Gasteiger partial charge in [0.1, 0.15) is 5.82 Å². The minimum atomic E-state index is -3.85. The number of primary sulfonamides is 1. The average Bonchev–Trinajstić information content (AvgIpc) is 2.32. The molecule has 0 saturated heterocycles. The fourth-order valence-corrected chi connectivity index (χ4v) is 2.46. The van der Waals surface area contributed by atoms with Crippen molar-refractivity contribution in [1.82, 2.24) is 0 Å². The average molecular weight is 270 g/mol. The van der Waals surface area contributed by atoms with Crippen molar-refractivity contribution >= 4 is 15.7 Å². The van der Waals surface area contributed by atoms with E-state index in [1.165, 1.54) is 12.1 Å². The van der Waals surface area contributed by atoms with Crippen LogP contribution in [0.1, 0.15) is 19.3 Å². The summed E-state index contributed by atoms with van der Waals surface area (Å²) in [6, 6.07) is 3.84. The fourth-order valence-electron chi connectivity index (χ4n) is 1.93. The number of nitrogens with one attached hydrogen (secondary N) is 1. The summed E-state index contributed by atoms with van der Waals surface area (Å²) < 4.78 is 35.9. The maximum Gasteiger partial charge on any atom is 0.238 e. The lowest BCUT2D eigenvalue weighted by atomic mass is 10.0. The van der Waals surface area contributed by atoms with Crippen LogP contribution in [-0.2, 0) is 10.0 Å². The van der Waals surface area contributed by atoms with E-state index in [2.05, 4.69) is 17.5 Å². The van der Waals surface area contributed by atoms with Crippen LogP contribution in [0, 0.1) is 5.82 Å². The number of sulfonamides is 1. The lowest BCUT2D eigenvalue weighted by molar-refractivity contribution is 0.590. The highest BCUT2D eigenvalue weighted by molar-refractivity contribution is 7.89. The molecule has 4 nitrogen and oxygen atoms in total. The predicted octanol–water partition coefficient (Wildman–Crippen LogP) is 1.99. The number of halogens is 1. The third-order valence-corrected chi connectivity index (χ3v) is 3.81. The molecule has 1 aromatic carbocycles. The van der Waals surface area contributed by atoms with Crippen LogP contribution in [0.15, 0.2) is 35.2 Å². The van der Waals surface area contributed by atoms with Crippen molar-refractivity contribution < 1.29 is 12.8 Å². The Hall–Kier alpha value is -1.40. The van der Waals surface area contributed by atoms with E-state index >= 15 is 0 Å². The zero-order valence-electron chi connectivity index (χ0n) is 9.77. The van der Waals surface area contributed by atoms with E-state index in [1.54, 1.807) is 0 Å². The standard InChI is InChI=1S/C12H15FN2O2S/c13-11-8-10(18(14,16)17)6-7-12(11)15-9-4-2-1-3-5-9/h1-2,6-9,15H,3-5H2,(H2,14,16,17). The molecule has 0 saturated carbocycles. The van der Waals surface area contributed by atoms with Crippen LogP contribution in [0.25, 0.3) is 0 Å². The van der Waals surface area contributed by atoms with E-state index in [1.807, 2.05) is 0 Å². The van der Waals surface area contributed by atoms with Crippen molar-refractivity contribution in [2.45, 2.75) is 30.2 Å². The molecule has 98 valence electrons. The molecule has 0 heterocycles. The molecule has 2 rings (SSSR count). The summed E-state index contributed by atoms with van der Waals surface area (Å²) in [6.45, 7) is 0. The minimum absolute atomic E-state index is 0.185. The highest BCUT2D eigenvalue weighted by Crippen LogP contribution is 2.22. The van der Waals surface area contributed by atoms with Crippen molar-refractivity contribution in [2.24, 2.45) is 5.14 Å². The first-order valence-electron chi connectivity index (χ1n) is 5.71. The SMILES string of the molecule is NS(=O)(=O)c1ccc(NC2CC=CCC2)c(F)c1. The highest BCUT2D eigenvalue weighted by atomic mass is 32.2. The van der Waals surface area contributed by atoms with Crippen LogP contribution in [0.5, 0.6) is 0 Å². The normalized spacial score (nSPS) is 19.8. The summed E-state index contributed by atoms with van der Waals surface area (Å²) in [5.41, 5.74) is 0.308. The molecule has 1 aliphatic carbocycles. The van der Waals surface area contributed by atoms with Gasteiger partial charge in [0.15, 0.2) is 0 Å². The molecule has 0 amide bonds. The number of benzene rings is 1. The van der Waals surface area contributed by atoms with Crippen LogP contribution in [0.3, 0.4) is 0 Å². The Bertz CT molecular complexity index is 569. The predicted molar refractivity (Wildman–Crippen MR) is 68.2 cm³/mol. The van der Waals surface area contributed by atoms with Crippen LogP contribution >= 0.6 is 0 Å². The second-order valence-corrected chi connectivity index (χ2v) is 5.87. The van der Waals surface area contributed by atoms with E-state index in [-0.39, 0.29) is 10.9 Å². The largest absolute Gasteiger partial charge is 0.380 e. The minimum Gasteiger partial charge on any atom is -0.380 e. The molecule has 3 N–H and O–H groups in total. The van der Waals surface area contributed by atoms with Crippen LogP contribution in [0.4, 0.5) is 10.1 Å². The Labute approximate surface area is 106 Å². The third kappa shape index (κ3) is 3.08. The molecular weight excluding hydrogens is 255 g/mol. The first-order chi connectivity index (χ1) is 8.47. The molecule has 0 radical (unpaired) electrons. The monoisotopic (exact) mass is 270 g/mol. The van der Waals surface area contributed by atoms with E-state index in [4.69, 9.17) is 5.14 Å². The Morgan fingerprint density at radius 3 is 2.67 bits per heavy atom. The molecule has 0 bridgehead atoms. The van der Waals surface area contributed by atoms with Gasteiger partial charge in [0.05, 0.1) is 10.6 Å². The molecular formula is C12H15FN2O2S. The van der Waals surface area contributed by atoms with Gasteiger partial charge >= 0.3 is 0 Å². The smallest absolute Gasteiger partial charge is 0.238 e. The molecule has 0 spiro atoms. The lowest BCUT2D eigenvalue weighted by Gasteiger charge is -2.21. The van der Waals surface area contributed by atoms with Crippen molar-refractivity contribution in [2.75, 3.05) is 5.32 Å². The van der Waals surface area contributed by atoms with E-state index in [0.717, 1.165) is 25.3 Å². The van der Waals surface area contributed by atoms with Gasteiger partial charge in [0, 0.05) is 6.04 Å². The van der Waals surface area contributed by atoms with Gasteiger partial charge in [-0.1, -0.05) is 12.2 Å². The Morgan fingerprint density at radius 1 is 1.33 bits per heavy atom. The number of nitrogens with two attached hydrogens (primary N) is 1. The van der Waals surface area contributed by atoms with Crippen LogP contribution < -0.4 is 10.5 Å². The molecule has 18 heavy (non-hydrogen) atoms. The molecule has 1 unspecified atom stereocenters. The summed E-state index contributed by atoms with van der Waals surface area (Å²) in [5.74, 6) is -0.601. The number of rotatable bonds is 3. The zero-order valence-corrected chi connectivity index (χ0v) is 10.6. The van der Waals surface area contributed by atoms with Gasteiger partial charge in [0.25, 0.3) is 0 Å². The van der Waals surface area contributed by atoms with Crippen molar-refractivity contribution in [3.05, 3.63) is 36.2 Å². The van der Waals surface area contributed by atoms with Crippen molar-refractivity contribution in [1.29, 1.82) is 0 Å². The second-order valence-electron chi connectivity index (χ2n) is 4.31. The quantitative estimate of drug-likeness (QED) is 0.825. The van der Waals surface area contributed by atoms with E-state index in [0.29, 0.717) is 5.69 Å². The molecule has 0 fully saturated rings. The summed E-state index contributed by atoms with van der Waals surface area (Å²) in [4.78, 5) is -0.214. The van der Waals surface area contributed by atoms with Crippen LogP contribution in [0.2, 0.25) is 0 Å². The topological polar surface area (TPSA) is 72.2 Å². The molecule has 0 aliphatic heterocycles.